The Morgan fingerprint density at radius 2 is 1.61 bits per heavy atom. The zero-order valence-electron chi connectivity index (χ0n) is 14.0. The van der Waals surface area contributed by atoms with Gasteiger partial charge >= 0.3 is 0 Å². The first kappa shape index (κ1) is 20.0. The summed E-state index contributed by atoms with van der Waals surface area (Å²) in [5.74, 6) is 0. The van der Waals surface area contributed by atoms with Gasteiger partial charge in [0.1, 0.15) is 0 Å². The van der Waals surface area contributed by atoms with Crippen LogP contribution in [0.15, 0.2) is 24.3 Å². The number of hydrogen-bond donors (Lipinski definition) is 2. The molecule has 2 aliphatic rings. The van der Waals surface area contributed by atoms with Crippen LogP contribution in [-0.2, 0) is 12.0 Å². The molecule has 130 valence electrons. The second kappa shape index (κ2) is 6.81. The van der Waals surface area contributed by atoms with Gasteiger partial charge in [-0.25, -0.2) is 0 Å². The topological polar surface area (TPSA) is 90.8 Å². The van der Waals surface area contributed by atoms with E-state index < -0.39 is 0 Å². The van der Waals surface area contributed by atoms with E-state index in [9.17, 15) is 0 Å². The molecule has 1 aromatic carbocycles. The highest BCUT2D eigenvalue weighted by molar-refractivity contribution is 5.86. The highest BCUT2D eigenvalue weighted by atomic mass is 35.5. The van der Waals surface area contributed by atoms with Crippen LogP contribution in [0.25, 0.3) is 10.9 Å². The Bertz CT molecular complexity index is 660. The smallest absolute Gasteiger partial charge is 0.0462 e. The van der Waals surface area contributed by atoms with Crippen LogP contribution in [0.2, 0.25) is 0 Å². The summed E-state index contributed by atoms with van der Waals surface area (Å²) < 4.78 is 0. The van der Waals surface area contributed by atoms with Crippen LogP contribution >= 0.6 is 12.4 Å². The van der Waals surface area contributed by atoms with Crippen LogP contribution in [0, 0.1) is 0 Å². The van der Waals surface area contributed by atoms with Gasteiger partial charge in [0, 0.05) is 39.7 Å². The molecule has 1 saturated carbocycles. The van der Waals surface area contributed by atoms with E-state index in [1.807, 2.05) is 0 Å². The summed E-state index contributed by atoms with van der Waals surface area (Å²) in [5.41, 5.74) is 4.74. The third-order valence-electron chi connectivity index (χ3n) is 5.17. The number of aromatic nitrogens is 1. The number of rotatable bonds is 0. The second-order valence-corrected chi connectivity index (χ2v) is 7.35. The minimum absolute atomic E-state index is 0. The Morgan fingerprint density at radius 3 is 2.30 bits per heavy atom. The molecule has 0 radical (unpaired) electrons. The highest BCUT2D eigenvalue weighted by Crippen LogP contribution is 2.46. The van der Waals surface area contributed by atoms with Crippen LogP contribution in [0.4, 0.5) is 0 Å². The van der Waals surface area contributed by atoms with E-state index >= 15 is 0 Å². The van der Waals surface area contributed by atoms with Crippen molar-refractivity contribution in [2.75, 3.05) is 0 Å². The number of aromatic amines is 1. The normalized spacial score (nSPS) is 20.8. The van der Waals surface area contributed by atoms with Crippen molar-refractivity contribution in [2.24, 2.45) is 0 Å². The average Bonchev–Trinajstić information content (AvgIpc) is 2.76. The Labute approximate surface area is 144 Å². The van der Waals surface area contributed by atoms with Crippen LogP contribution in [0.1, 0.15) is 57.2 Å². The molecule has 4 nitrogen and oxygen atoms in total. The molecule has 4 rings (SSSR count). The van der Waals surface area contributed by atoms with Crippen molar-refractivity contribution >= 4 is 23.3 Å². The van der Waals surface area contributed by atoms with E-state index in [1.165, 1.54) is 48.7 Å². The molecule has 0 atom stereocenters. The molecule has 1 fully saturated rings. The largest absolute Gasteiger partial charge is 0.412 e. The van der Waals surface area contributed by atoms with Crippen molar-refractivity contribution in [1.82, 2.24) is 10.3 Å². The molecule has 5 heteroatoms. The number of H-pyrrole nitrogens is 1. The fourth-order valence-electron chi connectivity index (χ4n) is 4.60. The lowest BCUT2D eigenvalue weighted by Crippen LogP contribution is -2.58. The van der Waals surface area contributed by atoms with Gasteiger partial charge in [0.2, 0.25) is 0 Å². The van der Waals surface area contributed by atoms with Gasteiger partial charge < -0.3 is 21.3 Å². The van der Waals surface area contributed by atoms with E-state index in [0.717, 1.165) is 6.42 Å². The summed E-state index contributed by atoms with van der Waals surface area (Å²) in [6.07, 6.45) is 7.75. The summed E-state index contributed by atoms with van der Waals surface area (Å²) in [6.45, 7) is 4.69. The zero-order valence-corrected chi connectivity index (χ0v) is 14.8. The third-order valence-corrected chi connectivity index (χ3v) is 5.17. The fraction of sp³-hybridized carbons (Fsp3) is 0.556. The van der Waals surface area contributed by atoms with Crippen LogP contribution in [-0.4, -0.2) is 21.5 Å². The summed E-state index contributed by atoms with van der Waals surface area (Å²) >= 11 is 0. The summed E-state index contributed by atoms with van der Waals surface area (Å²) in [6, 6.07) is 8.82. The minimum atomic E-state index is 0. The van der Waals surface area contributed by atoms with Gasteiger partial charge in [-0.2, -0.15) is 0 Å². The van der Waals surface area contributed by atoms with E-state index in [2.05, 4.69) is 48.4 Å². The van der Waals surface area contributed by atoms with Gasteiger partial charge in [0.05, 0.1) is 0 Å². The van der Waals surface area contributed by atoms with E-state index in [1.54, 1.807) is 5.56 Å². The van der Waals surface area contributed by atoms with E-state index in [-0.39, 0.29) is 34.4 Å². The maximum Gasteiger partial charge on any atom is 0.0462 e. The first-order chi connectivity index (χ1) is 9.60. The summed E-state index contributed by atoms with van der Waals surface area (Å²) in [4.78, 5) is 3.70. The van der Waals surface area contributed by atoms with Crippen molar-refractivity contribution < 1.29 is 11.0 Å². The Balaban J connectivity index is 0.000000882. The molecule has 0 bridgehead atoms. The molecule has 1 aromatic heterocycles. The van der Waals surface area contributed by atoms with Crippen molar-refractivity contribution in [3.8, 4) is 0 Å². The predicted octanol–water partition coefficient (Wildman–Crippen LogP) is 3.02. The van der Waals surface area contributed by atoms with Crippen LogP contribution < -0.4 is 5.32 Å². The molecule has 0 saturated heterocycles. The highest BCUT2D eigenvalue weighted by Gasteiger charge is 2.45. The van der Waals surface area contributed by atoms with Crippen molar-refractivity contribution in [2.45, 2.75) is 63.5 Å². The lowest BCUT2D eigenvalue weighted by Gasteiger charge is -2.49. The Morgan fingerprint density at radius 1 is 0.957 bits per heavy atom. The SMILES string of the molecule is CC1(C)Cc2[nH]c3ccccc3c2C2(CCCCC2)N1.Cl.O.O. The molecule has 23 heavy (non-hydrogen) atoms. The monoisotopic (exact) mass is 340 g/mol. The summed E-state index contributed by atoms with van der Waals surface area (Å²) in [5, 5.41) is 5.46. The first-order valence-corrected chi connectivity index (χ1v) is 7.99. The van der Waals surface area contributed by atoms with Crippen molar-refractivity contribution in [1.29, 1.82) is 0 Å². The maximum atomic E-state index is 4.02. The molecular weight excluding hydrogens is 312 g/mol. The Hall–Kier alpha value is -1.07. The summed E-state index contributed by atoms with van der Waals surface area (Å²) in [7, 11) is 0. The van der Waals surface area contributed by atoms with Crippen LogP contribution in [0.3, 0.4) is 0 Å². The lowest BCUT2D eigenvalue weighted by molar-refractivity contribution is 0.154. The first-order valence-electron chi connectivity index (χ1n) is 7.99. The van der Waals surface area contributed by atoms with Crippen molar-refractivity contribution in [3.63, 3.8) is 0 Å². The zero-order chi connectivity index (χ0) is 13.8. The van der Waals surface area contributed by atoms with Gasteiger partial charge in [-0.15, -0.1) is 12.4 Å². The number of fused-ring (bicyclic) bond motifs is 4. The van der Waals surface area contributed by atoms with Gasteiger partial charge in [-0.3, -0.25) is 0 Å². The number of para-hydroxylation sites is 1. The second-order valence-electron chi connectivity index (χ2n) is 7.35. The third kappa shape index (κ3) is 3.13. The Kier molecular flexibility index (Phi) is 5.92. The minimum Gasteiger partial charge on any atom is -0.412 e. The number of benzene rings is 1. The van der Waals surface area contributed by atoms with E-state index in [4.69, 9.17) is 0 Å². The predicted molar refractivity (Wildman–Crippen MR) is 98.5 cm³/mol. The van der Waals surface area contributed by atoms with Gasteiger partial charge in [0.15, 0.2) is 0 Å². The molecule has 6 N–H and O–H groups in total. The molecule has 0 amide bonds. The molecule has 0 unspecified atom stereocenters. The van der Waals surface area contributed by atoms with E-state index in [0.29, 0.717) is 0 Å². The molecule has 1 spiro atoms. The average molecular weight is 341 g/mol. The fourth-order valence-corrected chi connectivity index (χ4v) is 4.60. The van der Waals surface area contributed by atoms with Crippen LogP contribution in [0.5, 0.6) is 0 Å². The number of halogens is 1. The van der Waals surface area contributed by atoms with Crippen molar-refractivity contribution in [3.05, 3.63) is 35.5 Å². The molecule has 2 heterocycles. The molecular formula is C18H29ClN2O2. The lowest BCUT2D eigenvalue weighted by atomic mass is 9.70. The standard InChI is InChI=1S/C18H24N2.ClH.2H2O/c1-17(2)12-15-16(13-8-4-5-9-14(13)19-15)18(20-17)10-6-3-7-11-18;;;/h4-5,8-9,19-20H,3,6-7,10-12H2,1-2H3;1H;2*1H2. The van der Waals surface area contributed by atoms with Gasteiger partial charge in [-0.1, -0.05) is 37.5 Å². The molecule has 1 aliphatic carbocycles. The quantitative estimate of drug-likeness (QED) is 0.758. The number of nitrogens with one attached hydrogen (secondary N) is 2. The molecule has 2 aromatic rings. The molecule has 1 aliphatic heterocycles. The van der Waals surface area contributed by atoms with Gasteiger partial charge in [-0.05, 0) is 32.8 Å². The van der Waals surface area contributed by atoms with Gasteiger partial charge in [0.25, 0.3) is 0 Å². The maximum absolute atomic E-state index is 4.02. The number of hydrogen-bond acceptors (Lipinski definition) is 1.